The lowest BCUT2D eigenvalue weighted by Gasteiger charge is -2.11. The summed E-state index contributed by atoms with van der Waals surface area (Å²) >= 11 is 6.17. The molecule has 3 rings (SSSR count). The molecule has 1 N–H and O–H groups in total. The fourth-order valence-corrected chi connectivity index (χ4v) is 2.62. The number of fused-ring (bicyclic) bond motifs is 1. The van der Waals surface area contributed by atoms with Crippen molar-refractivity contribution in [3.63, 3.8) is 0 Å². The summed E-state index contributed by atoms with van der Waals surface area (Å²) in [4.78, 5) is 4.57. The van der Waals surface area contributed by atoms with Gasteiger partial charge in [0.2, 0.25) is 0 Å². The summed E-state index contributed by atoms with van der Waals surface area (Å²) in [6.45, 7) is 4.79. The van der Waals surface area contributed by atoms with Crippen LogP contribution in [0.5, 0.6) is 0 Å². The van der Waals surface area contributed by atoms with Gasteiger partial charge >= 0.3 is 0 Å². The minimum atomic E-state index is 0.753. The molecule has 0 amide bonds. The summed E-state index contributed by atoms with van der Waals surface area (Å²) in [7, 11) is 0. The second-order valence-corrected chi connectivity index (χ2v) is 5.66. The van der Waals surface area contributed by atoms with Gasteiger partial charge in [0.15, 0.2) is 0 Å². The molecule has 0 saturated carbocycles. The summed E-state index contributed by atoms with van der Waals surface area (Å²) in [5.74, 6) is 0. The van der Waals surface area contributed by atoms with Crippen molar-refractivity contribution in [1.82, 2.24) is 4.98 Å². The van der Waals surface area contributed by atoms with Crippen molar-refractivity contribution in [3.05, 3.63) is 70.4 Å². The molecule has 2 aromatic carbocycles. The first-order valence-electron chi connectivity index (χ1n) is 6.99. The van der Waals surface area contributed by atoms with Crippen LogP contribution in [0.15, 0.2) is 48.5 Å². The number of pyridine rings is 1. The van der Waals surface area contributed by atoms with E-state index in [2.05, 4.69) is 34.6 Å². The lowest BCUT2D eigenvalue weighted by atomic mass is 10.1. The van der Waals surface area contributed by atoms with Gasteiger partial charge in [0.25, 0.3) is 0 Å². The van der Waals surface area contributed by atoms with Gasteiger partial charge in [-0.05, 0) is 49.2 Å². The van der Waals surface area contributed by atoms with Crippen molar-refractivity contribution < 1.29 is 0 Å². The van der Waals surface area contributed by atoms with Gasteiger partial charge in [-0.15, -0.1) is 0 Å². The summed E-state index contributed by atoms with van der Waals surface area (Å²) < 4.78 is 0. The second-order valence-electron chi connectivity index (χ2n) is 5.26. The van der Waals surface area contributed by atoms with Crippen LogP contribution in [-0.2, 0) is 6.54 Å². The number of rotatable bonds is 3. The highest BCUT2D eigenvalue weighted by atomic mass is 35.5. The minimum Gasteiger partial charge on any atom is -0.381 e. The quantitative estimate of drug-likeness (QED) is 0.726. The number of aryl methyl sites for hydroxylation is 2. The van der Waals surface area contributed by atoms with Gasteiger partial charge in [0, 0.05) is 28.3 Å². The van der Waals surface area contributed by atoms with Gasteiger partial charge in [-0.2, -0.15) is 0 Å². The number of benzene rings is 2. The van der Waals surface area contributed by atoms with Crippen LogP contribution in [0.3, 0.4) is 0 Å². The molecule has 0 bridgehead atoms. The van der Waals surface area contributed by atoms with E-state index in [9.17, 15) is 0 Å². The summed E-state index contributed by atoms with van der Waals surface area (Å²) in [6.07, 6.45) is 0. The average molecular weight is 297 g/mol. The summed E-state index contributed by atoms with van der Waals surface area (Å²) in [5.41, 5.74) is 5.44. The number of aromatic nitrogens is 1. The van der Waals surface area contributed by atoms with Crippen molar-refractivity contribution >= 4 is 28.2 Å². The molecule has 0 aliphatic carbocycles. The van der Waals surface area contributed by atoms with Crippen LogP contribution < -0.4 is 5.32 Å². The molecule has 0 unspecified atom stereocenters. The lowest BCUT2D eigenvalue weighted by molar-refractivity contribution is 1.13. The number of halogens is 1. The Morgan fingerprint density at radius 3 is 2.67 bits per heavy atom. The van der Waals surface area contributed by atoms with Crippen LogP contribution in [0.25, 0.3) is 10.9 Å². The maximum atomic E-state index is 6.17. The molecule has 0 aliphatic heterocycles. The van der Waals surface area contributed by atoms with E-state index in [0.717, 1.165) is 34.0 Å². The van der Waals surface area contributed by atoms with Crippen LogP contribution >= 0.6 is 11.6 Å². The van der Waals surface area contributed by atoms with E-state index in [1.807, 2.05) is 38.1 Å². The van der Waals surface area contributed by atoms with Crippen LogP contribution in [0, 0.1) is 13.8 Å². The average Bonchev–Trinajstić information content (AvgIpc) is 2.48. The predicted octanol–water partition coefficient (Wildman–Crippen LogP) is 5.12. The Morgan fingerprint density at radius 1 is 1.05 bits per heavy atom. The molecule has 106 valence electrons. The lowest BCUT2D eigenvalue weighted by Crippen LogP contribution is -2.01. The first kappa shape index (κ1) is 13.9. The normalized spacial score (nSPS) is 10.8. The Hall–Kier alpha value is -2.06. The molecule has 0 radical (unpaired) electrons. The van der Waals surface area contributed by atoms with E-state index < -0.39 is 0 Å². The number of hydrogen-bond donors (Lipinski definition) is 1. The number of hydrogen-bond acceptors (Lipinski definition) is 2. The third-order valence-corrected chi connectivity index (χ3v) is 3.99. The van der Waals surface area contributed by atoms with Crippen LogP contribution in [0.4, 0.5) is 5.69 Å². The Kier molecular flexibility index (Phi) is 3.80. The van der Waals surface area contributed by atoms with E-state index in [0.29, 0.717) is 0 Å². The van der Waals surface area contributed by atoms with E-state index in [1.54, 1.807) is 0 Å². The first-order valence-corrected chi connectivity index (χ1v) is 7.36. The maximum Gasteiger partial charge on any atom is 0.0708 e. The van der Waals surface area contributed by atoms with Gasteiger partial charge in [-0.25, -0.2) is 0 Å². The molecule has 3 heteroatoms. The zero-order valence-electron chi connectivity index (χ0n) is 12.2. The fourth-order valence-electron chi connectivity index (χ4n) is 2.44. The highest BCUT2D eigenvalue weighted by molar-refractivity contribution is 6.31. The number of anilines is 1. The van der Waals surface area contributed by atoms with Crippen molar-refractivity contribution in [3.8, 4) is 0 Å². The summed E-state index contributed by atoms with van der Waals surface area (Å²) in [6, 6.07) is 16.4. The predicted molar refractivity (Wildman–Crippen MR) is 90.0 cm³/mol. The molecule has 1 heterocycles. The van der Waals surface area contributed by atoms with Gasteiger partial charge < -0.3 is 5.32 Å². The number of nitrogens with zero attached hydrogens (tertiary/aromatic N) is 1. The molecule has 3 aromatic rings. The standard InChI is InChI=1S/C18H17ClN2/c1-12-7-8-15(10-17(12)19)20-11-14-9-13(2)21-18-6-4-3-5-16(14)18/h3-10,20H,11H2,1-2H3. The smallest absolute Gasteiger partial charge is 0.0708 e. The third-order valence-electron chi connectivity index (χ3n) is 3.58. The molecular formula is C18H17ClN2. The molecule has 2 nitrogen and oxygen atoms in total. The van der Waals surface area contributed by atoms with Crippen molar-refractivity contribution in [2.75, 3.05) is 5.32 Å². The first-order chi connectivity index (χ1) is 10.1. The van der Waals surface area contributed by atoms with Crippen LogP contribution in [0.2, 0.25) is 5.02 Å². The molecule has 0 spiro atoms. The SMILES string of the molecule is Cc1cc(CNc2ccc(C)c(Cl)c2)c2ccccc2n1. The molecular weight excluding hydrogens is 280 g/mol. The van der Waals surface area contributed by atoms with Crippen molar-refractivity contribution in [2.24, 2.45) is 0 Å². The molecule has 0 atom stereocenters. The Morgan fingerprint density at radius 2 is 1.86 bits per heavy atom. The van der Waals surface area contributed by atoms with Gasteiger partial charge in [-0.3, -0.25) is 4.98 Å². The second kappa shape index (κ2) is 5.74. The van der Waals surface area contributed by atoms with E-state index in [1.165, 1.54) is 10.9 Å². The van der Waals surface area contributed by atoms with E-state index in [4.69, 9.17) is 11.6 Å². The monoisotopic (exact) mass is 296 g/mol. The molecule has 0 saturated heterocycles. The van der Waals surface area contributed by atoms with Gasteiger partial charge in [-0.1, -0.05) is 35.9 Å². The molecule has 0 fully saturated rings. The molecule has 21 heavy (non-hydrogen) atoms. The highest BCUT2D eigenvalue weighted by Crippen LogP contribution is 2.22. The van der Waals surface area contributed by atoms with Crippen molar-refractivity contribution in [2.45, 2.75) is 20.4 Å². The van der Waals surface area contributed by atoms with Gasteiger partial charge in [0.1, 0.15) is 0 Å². The Labute approximate surface area is 129 Å². The zero-order chi connectivity index (χ0) is 14.8. The molecule has 0 aliphatic rings. The fraction of sp³-hybridized carbons (Fsp3) is 0.167. The van der Waals surface area contributed by atoms with E-state index >= 15 is 0 Å². The Balaban J connectivity index is 1.89. The maximum absolute atomic E-state index is 6.17. The topological polar surface area (TPSA) is 24.9 Å². The van der Waals surface area contributed by atoms with E-state index in [-0.39, 0.29) is 0 Å². The number of nitrogens with one attached hydrogen (secondary N) is 1. The third kappa shape index (κ3) is 3.01. The minimum absolute atomic E-state index is 0.753. The summed E-state index contributed by atoms with van der Waals surface area (Å²) in [5, 5.41) is 5.41. The highest BCUT2D eigenvalue weighted by Gasteiger charge is 2.04. The Bertz CT molecular complexity index is 796. The van der Waals surface area contributed by atoms with Crippen LogP contribution in [0.1, 0.15) is 16.8 Å². The largest absolute Gasteiger partial charge is 0.381 e. The number of para-hydroxylation sites is 1. The van der Waals surface area contributed by atoms with Gasteiger partial charge in [0.05, 0.1) is 5.52 Å². The van der Waals surface area contributed by atoms with Crippen LogP contribution in [-0.4, -0.2) is 4.98 Å². The zero-order valence-corrected chi connectivity index (χ0v) is 12.9. The molecule has 1 aromatic heterocycles. The van der Waals surface area contributed by atoms with Crippen molar-refractivity contribution in [1.29, 1.82) is 0 Å².